The summed E-state index contributed by atoms with van der Waals surface area (Å²) in [6.07, 6.45) is 16.0. The van der Waals surface area contributed by atoms with E-state index >= 15 is 0 Å². The highest BCUT2D eigenvalue weighted by Crippen LogP contribution is 2.27. The van der Waals surface area contributed by atoms with Crippen LogP contribution in [0.3, 0.4) is 0 Å². The van der Waals surface area contributed by atoms with Gasteiger partial charge in [0.2, 0.25) is 0 Å². The van der Waals surface area contributed by atoms with Crippen molar-refractivity contribution in [1.82, 2.24) is 0 Å². The van der Waals surface area contributed by atoms with Crippen molar-refractivity contribution in [3.8, 4) is 0 Å². The van der Waals surface area contributed by atoms with E-state index in [9.17, 15) is 9.90 Å². The highest BCUT2D eigenvalue weighted by Gasteiger charge is 2.34. The minimum absolute atomic E-state index is 0.173. The monoisotopic (exact) mass is 310 g/mol. The van der Waals surface area contributed by atoms with Crippen LogP contribution >= 0.6 is 0 Å². The summed E-state index contributed by atoms with van der Waals surface area (Å²) >= 11 is 0. The first-order valence-electron chi connectivity index (χ1n) is 8.52. The number of carbonyl (C=O) groups is 1. The van der Waals surface area contributed by atoms with Gasteiger partial charge in [-0.1, -0.05) is 56.9 Å². The fraction of sp³-hybridized carbons (Fsp3) is 0.722. The van der Waals surface area contributed by atoms with E-state index in [4.69, 9.17) is 9.84 Å². The van der Waals surface area contributed by atoms with Gasteiger partial charge >= 0.3 is 5.97 Å². The van der Waals surface area contributed by atoms with Crippen molar-refractivity contribution in [1.29, 1.82) is 0 Å². The Kier molecular flexibility index (Phi) is 9.84. The lowest BCUT2D eigenvalue weighted by Crippen LogP contribution is -2.02. The minimum Gasteiger partial charge on any atom is -0.481 e. The summed E-state index contributed by atoms with van der Waals surface area (Å²) in [6, 6.07) is 0. The summed E-state index contributed by atoms with van der Waals surface area (Å²) in [4.78, 5) is 10.4. The third-order valence-electron chi connectivity index (χ3n) is 3.81. The summed E-state index contributed by atoms with van der Waals surface area (Å²) in [5, 5.41) is 18.4. The second kappa shape index (κ2) is 11.4. The predicted octanol–water partition coefficient (Wildman–Crippen LogP) is 3.84. The van der Waals surface area contributed by atoms with Crippen molar-refractivity contribution < 1.29 is 19.7 Å². The third-order valence-corrected chi connectivity index (χ3v) is 3.81. The van der Waals surface area contributed by atoms with Gasteiger partial charge < -0.3 is 14.9 Å². The van der Waals surface area contributed by atoms with Crippen molar-refractivity contribution in [3.05, 3.63) is 24.3 Å². The summed E-state index contributed by atoms with van der Waals surface area (Å²) in [5.41, 5.74) is 0. The lowest BCUT2D eigenvalue weighted by molar-refractivity contribution is -0.137. The van der Waals surface area contributed by atoms with Crippen molar-refractivity contribution in [2.75, 3.05) is 0 Å². The highest BCUT2D eigenvalue weighted by atomic mass is 16.6. The number of aliphatic hydroxyl groups excluding tert-OH is 1. The SMILES string of the molecule is CC/C=C\C[C@@H]1O[C@H]1/C=C/[C@@H](O)CCCCCCCC(=O)O. The average Bonchev–Trinajstić information content (AvgIpc) is 3.22. The van der Waals surface area contributed by atoms with Crippen molar-refractivity contribution in [2.45, 2.75) is 83.0 Å². The van der Waals surface area contributed by atoms with Gasteiger partial charge in [-0.3, -0.25) is 4.79 Å². The Labute approximate surface area is 133 Å². The Morgan fingerprint density at radius 1 is 1.18 bits per heavy atom. The summed E-state index contributed by atoms with van der Waals surface area (Å²) in [5.74, 6) is -0.716. The largest absolute Gasteiger partial charge is 0.481 e. The lowest BCUT2D eigenvalue weighted by atomic mass is 10.1. The number of aliphatic carboxylic acids is 1. The predicted molar refractivity (Wildman–Crippen MR) is 87.8 cm³/mol. The van der Waals surface area contributed by atoms with Gasteiger partial charge in [0.1, 0.15) is 6.10 Å². The van der Waals surface area contributed by atoms with E-state index in [1.54, 1.807) is 0 Å². The van der Waals surface area contributed by atoms with Crippen LogP contribution in [0.5, 0.6) is 0 Å². The number of rotatable bonds is 13. The highest BCUT2D eigenvalue weighted by molar-refractivity contribution is 5.66. The molecule has 1 rings (SSSR count). The van der Waals surface area contributed by atoms with E-state index in [1.807, 2.05) is 12.2 Å². The van der Waals surface area contributed by atoms with Crippen LogP contribution in [0.1, 0.15) is 64.7 Å². The lowest BCUT2D eigenvalue weighted by Gasteiger charge is -2.05. The fourth-order valence-corrected chi connectivity index (χ4v) is 2.41. The maximum absolute atomic E-state index is 10.4. The van der Waals surface area contributed by atoms with Crippen LogP contribution in [0, 0.1) is 0 Å². The van der Waals surface area contributed by atoms with Gasteiger partial charge in [0.05, 0.1) is 12.2 Å². The number of ether oxygens (including phenoxy) is 1. The third kappa shape index (κ3) is 9.74. The molecule has 0 amide bonds. The molecular weight excluding hydrogens is 280 g/mol. The Balaban J connectivity index is 1.95. The summed E-state index contributed by atoms with van der Waals surface area (Å²) in [7, 11) is 0. The molecule has 1 aliphatic heterocycles. The van der Waals surface area contributed by atoms with Crippen LogP contribution in [0.4, 0.5) is 0 Å². The molecule has 4 nitrogen and oxygen atoms in total. The molecule has 4 heteroatoms. The standard InChI is InChI=1S/C18H30O4/c1-2-3-7-11-16-17(22-16)14-13-15(19)10-8-5-4-6-9-12-18(20)21/h3,7,13-17,19H,2,4-6,8-12H2,1H3,(H,20,21)/b7-3-,14-13+/t15-,16-,17-/m0/s1. The van der Waals surface area contributed by atoms with Gasteiger partial charge in [-0.2, -0.15) is 0 Å². The average molecular weight is 310 g/mol. The Bertz CT molecular complexity index is 362. The molecule has 2 N–H and O–H groups in total. The molecule has 0 unspecified atom stereocenters. The van der Waals surface area contributed by atoms with Crippen LogP contribution in [0.15, 0.2) is 24.3 Å². The van der Waals surface area contributed by atoms with E-state index in [1.165, 1.54) is 0 Å². The van der Waals surface area contributed by atoms with Gasteiger partial charge in [0.15, 0.2) is 0 Å². The number of allylic oxidation sites excluding steroid dienone is 1. The molecule has 1 heterocycles. The molecule has 126 valence electrons. The summed E-state index contributed by atoms with van der Waals surface area (Å²) < 4.78 is 5.51. The molecular formula is C18H30O4. The molecule has 0 bridgehead atoms. The van der Waals surface area contributed by atoms with E-state index in [0.29, 0.717) is 6.10 Å². The van der Waals surface area contributed by atoms with Crippen LogP contribution in [-0.2, 0) is 9.53 Å². The zero-order valence-corrected chi connectivity index (χ0v) is 13.6. The van der Waals surface area contributed by atoms with Crippen LogP contribution < -0.4 is 0 Å². The molecule has 0 aromatic heterocycles. The number of unbranched alkanes of at least 4 members (excludes halogenated alkanes) is 4. The van der Waals surface area contributed by atoms with E-state index < -0.39 is 12.1 Å². The van der Waals surface area contributed by atoms with Crippen molar-refractivity contribution in [3.63, 3.8) is 0 Å². The quantitative estimate of drug-likeness (QED) is 0.308. The molecule has 0 radical (unpaired) electrons. The number of carboxylic acid groups (broad SMARTS) is 1. The van der Waals surface area contributed by atoms with E-state index in [0.717, 1.165) is 51.4 Å². The molecule has 3 atom stereocenters. The van der Waals surface area contributed by atoms with Crippen LogP contribution in [0.2, 0.25) is 0 Å². The number of epoxide rings is 1. The molecule has 0 aromatic carbocycles. The normalized spacial score (nSPS) is 22.5. The van der Waals surface area contributed by atoms with Crippen LogP contribution in [-0.4, -0.2) is 34.5 Å². The first-order valence-corrected chi connectivity index (χ1v) is 8.52. The topological polar surface area (TPSA) is 70.1 Å². The number of hydrogen-bond acceptors (Lipinski definition) is 3. The Hall–Kier alpha value is -1.13. The summed E-state index contributed by atoms with van der Waals surface area (Å²) in [6.45, 7) is 2.12. The van der Waals surface area contributed by atoms with Crippen LogP contribution in [0.25, 0.3) is 0 Å². The maximum atomic E-state index is 10.4. The molecule has 1 aliphatic rings. The molecule has 1 saturated heterocycles. The fourth-order valence-electron chi connectivity index (χ4n) is 2.41. The van der Waals surface area contributed by atoms with Gasteiger partial charge in [-0.25, -0.2) is 0 Å². The molecule has 22 heavy (non-hydrogen) atoms. The van der Waals surface area contributed by atoms with Gasteiger partial charge in [-0.15, -0.1) is 0 Å². The number of hydrogen-bond donors (Lipinski definition) is 2. The van der Waals surface area contributed by atoms with Crippen molar-refractivity contribution >= 4 is 5.97 Å². The first kappa shape index (κ1) is 18.9. The van der Waals surface area contributed by atoms with Gasteiger partial charge in [0, 0.05) is 6.42 Å². The Morgan fingerprint density at radius 3 is 2.64 bits per heavy atom. The van der Waals surface area contributed by atoms with E-state index in [2.05, 4.69) is 19.1 Å². The second-order valence-corrected chi connectivity index (χ2v) is 5.91. The van der Waals surface area contributed by atoms with Gasteiger partial charge in [-0.05, 0) is 25.7 Å². The Morgan fingerprint density at radius 2 is 1.91 bits per heavy atom. The molecule has 0 saturated carbocycles. The molecule has 1 fully saturated rings. The number of aliphatic hydroxyl groups is 1. The molecule has 0 aromatic rings. The smallest absolute Gasteiger partial charge is 0.303 e. The zero-order valence-electron chi connectivity index (χ0n) is 13.6. The van der Waals surface area contributed by atoms with Gasteiger partial charge in [0.25, 0.3) is 0 Å². The maximum Gasteiger partial charge on any atom is 0.303 e. The van der Waals surface area contributed by atoms with E-state index in [-0.39, 0.29) is 12.5 Å². The minimum atomic E-state index is -0.716. The molecule has 0 spiro atoms. The zero-order chi connectivity index (χ0) is 16.2. The van der Waals surface area contributed by atoms with Crippen molar-refractivity contribution in [2.24, 2.45) is 0 Å². The second-order valence-electron chi connectivity index (χ2n) is 5.91. The first-order chi connectivity index (χ1) is 10.6. The molecule has 0 aliphatic carbocycles. The number of carboxylic acids is 1.